The van der Waals surface area contributed by atoms with E-state index in [9.17, 15) is 9.59 Å². The summed E-state index contributed by atoms with van der Waals surface area (Å²) < 4.78 is 5.63. The van der Waals surface area contributed by atoms with Crippen LogP contribution in [0.15, 0.2) is 29.8 Å². The summed E-state index contributed by atoms with van der Waals surface area (Å²) in [7, 11) is 0. The third kappa shape index (κ3) is 4.20. The van der Waals surface area contributed by atoms with E-state index in [4.69, 9.17) is 9.84 Å². The van der Waals surface area contributed by atoms with Gasteiger partial charge in [-0.05, 0) is 25.5 Å². The molecule has 2 heterocycles. The van der Waals surface area contributed by atoms with Crippen molar-refractivity contribution in [3.05, 3.63) is 41.0 Å². The molecule has 2 N–H and O–H groups in total. The number of amides is 1. The van der Waals surface area contributed by atoms with Crippen molar-refractivity contribution in [3.8, 4) is 0 Å². The lowest BCUT2D eigenvalue weighted by Gasteiger charge is -2.36. The second-order valence-corrected chi connectivity index (χ2v) is 7.20. The summed E-state index contributed by atoms with van der Waals surface area (Å²) in [6.07, 6.45) is -0.852. The van der Waals surface area contributed by atoms with Crippen molar-refractivity contribution in [3.63, 3.8) is 0 Å². The topological polar surface area (TPSA) is 91.8 Å². The Kier molecular flexibility index (Phi) is 5.53. The molecule has 3 rings (SSSR count). The minimum Gasteiger partial charge on any atom is -0.481 e. The third-order valence-electron chi connectivity index (χ3n) is 4.18. The number of ether oxygens (including phenoxy) is 1. The minimum absolute atomic E-state index is 0.125. The Morgan fingerprint density at radius 3 is 2.88 bits per heavy atom. The molecule has 1 saturated heterocycles. The predicted molar refractivity (Wildman–Crippen MR) is 99.1 cm³/mol. The largest absolute Gasteiger partial charge is 0.481 e. The van der Waals surface area contributed by atoms with Crippen LogP contribution >= 0.6 is 11.3 Å². The quantitative estimate of drug-likeness (QED) is 0.835. The highest BCUT2D eigenvalue weighted by Gasteiger charge is 2.32. The molecule has 0 bridgehead atoms. The molecule has 0 spiro atoms. The van der Waals surface area contributed by atoms with Gasteiger partial charge in [0.25, 0.3) is 5.91 Å². The highest BCUT2D eigenvalue weighted by Crippen LogP contribution is 2.28. The van der Waals surface area contributed by atoms with Crippen molar-refractivity contribution in [2.24, 2.45) is 0 Å². The van der Waals surface area contributed by atoms with E-state index in [1.54, 1.807) is 10.4 Å². The summed E-state index contributed by atoms with van der Waals surface area (Å²) in [6.45, 7) is 4.49. The number of morpholine rings is 1. The zero-order valence-corrected chi connectivity index (χ0v) is 15.5. The van der Waals surface area contributed by atoms with Gasteiger partial charge in [-0.3, -0.25) is 9.59 Å². The highest BCUT2D eigenvalue weighted by molar-refractivity contribution is 7.14. The highest BCUT2D eigenvalue weighted by atomic mass is 32.1. The smallest absolute Gasteiger partial charge is 0.306 e. The number of hydrogen-bond donors (Lipinski definition) is 2. The molecule has 0 radical (unpaired) electrons. The first-order valence-corrected chi connectivity index (χ1v) is 9.24. The van der Waals surface area contributed by atoms with Crippen molar-refractivity contribution in [1.29, 1.82) is 0 Å². The fourth-order valence-corrected chi connectivity index (χ4v) is 3.68. The Balaban J connectivity index is 1.77. The predicted octanol–water partition coefficient (Wildman–Crippen LogP) is 2.90. The van der Waals surface area contributed by atoms with Gasteiger partial charge in [-0.2, -0.15) is 0 Å². The number of rotatable bonds is 5. The number of para-hydroxylation sites is 1. The summed E-state index contributed by atoms with van der Waals surface area (Å²) in [5.41, 5.74) is 3.97. The van der Waals surface area contributed by atoms with Crippen molar-refractivity contribution < 1.29 is 19.4 Å². The van der Waals surface area contributed by atoms with Crippen molar-refractivity contribution in [1.82, 2.24) is 9.88 Å². The van der Waals surface area contributed by atoms with E-state index in [1.165, 1.54) is 11.3 Å². The maximum atomic E-state index is 13.0. The van der Waals surface area contributed by atoms with Crippen LogP contribution in [0.1, 0.15) is 29.4 Å². The lowest BCUT2D eigenvalue weighted by atomic mass is 10.1. The molecule has 1 aliphatic rings. The number of benzene rings is 1. The zero-order chi connectivity index (χ0) is 18.7. The number of nitrogens with zero attached hydrogens (tertiary/aromatic N) is 2. The van der Waals surface area contributed by atoms with Crippen LogP contribution in [-0.4, -0.2) is 52.2 Å². The molecule has 2 aromatic rings. The second-order valence-electron chi connectivity index (χ2n) is 6.35. The van der Waals surface area contributed by atoms with Crippen molar-refractivity contribution >= 4 is 33.9 Å². The van der Waals surface area contributed by atoms with Crippen LogP contribution in [0.4, 0.5) is 10.7 Å². The second kappa shape index (κ2) is 7.84. The van der Waals surface area contributed by atoms with E-state index in [2.05, 4.69) is 10.3 Å². The molecule has 2 atom stereocenters. The monoisotopic (exact) mass is 375 g/mol. The van der Waals surface area contributed by atoms with Gasteiger partial charge in [0.05, 0.1) is 24.1 Å². The Morgan fingerprint density at radius 1 is 1.38 bits per heavy atom. The summed E-state index contributed by atoms with van der Waals surface area (Å²) >= 11 is 1.36. The van der Waals surface area contributed by atoms with Gasteiger partial charge in [0, 0.05) is 18.8 Å². The molecule has 0 aliphatic carbocycles. The SMILES string of the molecule is Cc1ccccc1Nc1scnc1C(=O)N1CC(C)OC(CC(=O)O)C1. The number of aryl methyl sites for hydroxylation is 1. The molecule has 8 heteroatoms. The molecule has 1 aliphatic heterocycles. The summed E-state index contributed by atoms with van der Waals surface area (Å²) in [6, 6.07) is 7.82. The van der Waals surface area contributed by atoms with Crippen LogP contribution in [0, 0.1) is 6.92 Å². The van der Waals surface area contributed by atoms with Gasteiger partial charge in [-0.1, -0.05) is 18.2 Å². The number of aliphatic carboxylic acids is 1. The molecule has 1 amide bonds. The standard InChI is InChI=1S/C18H21N3O4S/c1-11-5-3-4-6-14(11)20-17-16(19-10-26-17)18(24)21-8-12(2)25-13(9-21)7-15(22)23/h3-6,10,12-13,20H,7-9H2,1-2H3,(H,22,23). The Bertz CT molecular complexity index is 807. The number of carbonyl (C=O) groups is 2. The first kappa shape index (κ1) is 18.3. The lowest BCUT2D eigenvalue weighted by Crippen LogP contribution is -2.49. The summed E-state index contributed by atoms with van der Waals surface area (Å²) in [5, 5.41) is 12.9. The van der Waals surface area contributed by atoms with Gasteiger partial charge in [0.15, 0.2) is 5.69 Å². The number of thiazole rings is 1. The molecular formula is C18H21N3O4S. The average Bonchev–Trinajstić information content (AvgIpc) is 3.03. The van der Waals surface area contributed by atoms with E-state index < -0.39 is 12.1 Å². The molecule has 1 aromatic heterocycles. The third-order valence-corrected chi connectivity index (χ3v) is 4.92. The zero-order valence-electron chi connectivity index (χ0n) is 14.6. The fraction of sp³-hybridized carbons (Fsp3) is 0.389. The fourth-order valence-electron chi connectivity index (χ4n) is 2.99. The normalized spacial score (nSPS) is 20.0. The van der Waals surface area contributed by atoms with E-state index >= 15 is 0 Å². The molecular weight excluding hydrogens is 354 g/mol. The number of hydrogen-bond acceptors (Lipinski definition) is 6. The van der Waals surface area contributed by atoms with E-state index in [0.717, 1.165) is 11.3 Å². The van der Waals surface area contributed by atoms with Crippen molar-refractivity contribution in [2.75, 3.05) is 18.4 Å². The van der Waals surface area contributed by atoms with E-state index in [1.807, 2.05) is 38.1 Å². The molecule has 1 fully saturated rings. The van der Waals surface area contributed by atoms with Crippen LogP contribution in [0.5, 0.6) is 0 Å². The first-order chi connectivity index (χ1) is 12.4. The Hall–Kier alpha value is -2.45. The van der Waals surface area contributed by atoms with Crippen LogP contribution in [0.2, 0.25) is 0 Å². The number of anilines is 2. The van der Waals surface area contributed by atoms with Crippen molar-refractivity contribution in [2.45, 2.75) is 32.5 Å². The van der Waals surface area contributed by atoms with Crippen LogP contribution < -0.4 is 5.32 Å². The van der Waals surface area contributed by atoms with Crippen LogP contribution in [-0.2, 0) is 9.53 Å². The van der Waals surface area contributed by atoms with Gasteiger partial charge < -0.3 is 20.1 Å². The maximum Gasteiger partial charge on any atom is 0.306 e. The van der Waals surface area contributed by atoms with Gasteiger partial charge >= 0.3 is 5.97 Å². The van der Waals surface area contributed by atoms with Gasteiger partial charge in [0.1, 0.15) is 5.00 Å². The van der Waals surface area contributed by atoms with Crippen LogP contribution in [0.3, 0.4) is 0 Å². The molecule has 7 nitrogen and oxygen atoms in total. The minimum atomic E-state index is -0.938. The molecule has 138 valence electrons. The molecule has 2 unspecified atom stereocenters. The summed E-state index contributed by atoms with van der Waals surface area (Å²) in [4.78, 5) is 29.8. The van der Waals surface area contributed by atoms with Gasteiger partial charge in [-0.25, -0.2) is 4.98 Å². The molecule has 1 aromatic carbocycles. The van der Waals surface area contributed by atoms with E-state index in [-0.39, 0.29) is 25.0 Å². The first-order valence-electron chi connectivity index (χ1n) is 8.36. The number of carbonyl (C=O) groups excluding carboxylic acids is 1. The number of aromatic nitrogens is 1. The lowest BCUT2D eigenvalue weighted by molar-refractivity contribution is -0.144. The van der Waals surface area contributed by atoms with E-state index in [0.29, 0.717) is 17.2 Å². The molecule has 0 saturated carbocycles. The Labute approximate surface area is 155 Å². The maximum absolute atomic E-state index is 13.0. The van der Waals surface area contributed by atoms with Crippen LogP contribution in [0.25, 0.3) is 0 Å². The number of carboxylic acid groups (broad SMARTS) is 1. The van der Waals surface area contributed by atoms with Gasteiger partial charge in [-0.15, -0.1) is 11.3 Å². The number of carboxylic acids is 1. The summed E-state index contributed by atoms with van der Waals surface area (Å²) in [5.74, 6) is -1.15. The van der Waals surface area contributed by atoms with Gasteiger partial charge in [0.2, 0.25) is 0 Å². The Morgan fingerprint density at radius 2 is 2.15 bits per heavy atom. The molecule has 26 heavy (non-hydrogen) atoms. The average molecular weight is 375 g/mol. The number of nitrogens with one attached hydrogen (secondary N) is 1.